The normalized spacial score (nSPS) is 12.8. The molecule has 0 fully saturated rings. The van der Waals surface area contributed by atoms with Gasteiger partial charge in [0.1, 0.15) is 25.8 Å². The zero-order valence-corrected chi connectivity index (χ0v) is 16.0. The van der Waals surface area contributed by atoms with Gasteiger partial charge in [-0.15, -0.1) is 11.5 Å². The van der Waals surface area contributed by atoms with Gasteiger partial charge < -0.3 is 10.4 Å². The molecule has 0 aliphatic heterocycles. The van der Waals surface area contributed by atoms with Gasteiger partial charge in [-0.3, -0.25) is 4.79 Å². The van der Waals surface area contributed by atoms with Crippen molar-refractivity contribution < 1.29 is 23.5 Å². The van der Waals surface area contributed by atoms with Gasteiger partial charge in [-0.05, 0) is 17.2 Å². The van der Waals surface area contributed by atoms with Crippen LogP contribution in [0.5, 0.6) is 0 Å². The maximum Gasteiger partial charge on any atom is 0.327 e. The molecule has 1 rings (SSSR count). The molecule has 0 spiro atoms. The molecule has 0 heterocycles. The van der Waals surface area contributed by atoms with Crippen molar-refractivity contribution in [1.29, 1.82) is 0 Å². The van der Waals surface area contributed by atoms with E-state index < -0.39 is 43.2 Å². The molecule has 25 heavy (non-hydrogen) atoms. The third-order valence-electron chi connectivity index (χ3n) is 4.36. The Balaban J connectivity index is 2.89. The van der Waals surface area contributed by atoms with Crippen LogP contribution >= 0.6 is 0 Å². The first-order valence-electron chi connectivity index (χ1n) is 7.84. The van der Waals surface area contributed by atoms with Crippen molar-refractivity contribution >= 4 is 20.0 Å². The lowest BCUT2D eigenvalue weighted by Gasteiger charge is -2.31. The fourth-order valence-electron chi connectivity index (χ4n) is 1.67. The molecule has 0 radical (unpaired) electrons. The highest BCUT2D eigenvalue weighted by atomic mass is 28.3. The molecule has 7 heteroatoms. The van der Waals surface area contributed by atoms with Crippen LogP contribution in [-0.4, -0.2) is 31.1 Å². The number of hydrogen-bond donors (Lipinski definition) is 2. The molecule has 1 aromatic rings. The van der Waals surface area contributed by atoms with Gasteiger partial charge in [-0.2, -0.15) is 0 Å². The molecule has 0 saturated heterocycles. The zero-order chi connectivity index (χ0) is 19.4. The number of halogens is 2. The van der Waals surface area contributed by atoms with Crippen LogP contribution in [0.2, 0.25) is 18.1 Å². The van der Waals surface area contributed by atoms with Gasteiger partial charge in [0, 0.05) is 12.5 Å². The van der Waals surface area contributed by atoms with E-state index in [1.165, 1.54) is 0 Å². The van der Waals surface area contributed by atoms with Gasteiger partial charge >= 0.3 is 5.97 Å². The molecule has 0 aromatic heterocycles. The third-order valence-corrected chi connectivity index (χ3v) is 8.91. The molecular weight excluding hydrogens is 344 g/mol. The number of carboxylic acid groups (broad SMARTS) is 1. The Hall–Kier alpha value is -2.20. The summed E-state index contributed by atoms with van der Waals surface area (Å²) < 4.78 is 26.5. The fourth-order valence-corrected chi connectivity index (χ4v) is 2.59. The lowest BCUT2D eigenvalue weighted by atomic mass is 10.1. The van der Waals surface area contributed by atoms with Crippen molar-refractivity contribution in [2.75, 3.05) is 0 Å². The van der Waals surface area contributed by atoms with Crippen molar-refractivity contribution in [1.82, 2.24) is 5.32 Å². The van der Waals surface area contributed by atoms with Gasteiger partial charge in [-0.1, -0.05) is 33.9 Å². The Kier molecular flexibility index (Phi) is 6.49. The third kappa shape index (κ3) is 5.68. The first-order valence-corrected chi connectivity index (χ1v) is 10.8. The van der Waals surface area contributed by atoms with E-state index in [9.17, 15) is 23.5 Å². The summed E-state index contributed by atoms with van der Waals surface area (Å²) in [4.78, 5) is 23.4. The predicted molar refractivity (Wildman–Crippen MR) is 94.8 cm³/mol. The Labute approximate surface area is 147 Å². The number of amides is 1. The van der Waals surface area contributed by atoms with Gasteiger partial charge in [-0.25, -0.2) is 13.6 Å². The number of carbonyl (C=O) groups excluding carboxylic acids is 1. The minimum atomic E-state index is -1.89. The lowest BCUT2D eigenvalue weighted by molar-refractivity contribution is -0.139. The van der Waals surface area contributed by atoms with Crippen molar-refractivity contribution in [3.8, 4) is 11.5 Å². The average molecular weight is 367 g/mol. The van der Waals surface area contributed by atoms with E-state index in [1.807, 2.05) is 0 Å². The molecule has 0 bridgehead atoms. The summed E-state index contributed by atoms with van der Waals surface area (Å²) in [5.74, 6) is -1.19. The standard InChI is InChI=1S/C18H23F2NO3Si/c1-18(2,3)25(4,5)10-6-7-15(17(23)24)21-16(22)13-9-8-12(19)11-14(13)20/h8-9,11,15H,7H2,1-5H3,(H,21,22)(H,23,24)/t15-/m0/s1. The van der Waals surface area contributed by atoms with Crippen LogP contribution < -0.4 is 5.32 Å². The van der Waals surface area contributed by atoms with Crippen LogP contribution in [0.3, 0.4) is 0 Å². The maximum atomic E-state index is 13.6. The molecule has 0 unspecified atom stereocenters. The van der Waals surface area contributed by atoms with E-state index >= 15 is 0 Å². The summed E-state index contributed by atoms with van der Waals surface area (Å²) >= 11 is 0. The Morgan fingerprint density at radius 2 is 1.88 bits per heavy atom. The number of carbonyl (C=O) groups is 2. The molecule has 0 saturated carbocycles. The van der Waals surface area contributed by atoms with E-state index in [0.29, 0.717) is 6.07 Å². The highest BCUT2D eigenvalue weighted by molar-refractivity contribution is 6.87. The molecule has 2 N–H and O–H groups in total. The second kappa shape index (κ2) is 7.79. The topological polar surface area (TPSA) is 66.4 Å². The van der Waals surface area contributed by atoms with Crippen LogP contribution in [0, 0.1) is 23.1 Å². The zero-order valence-electron chi connectivity index (χ0n) is 15.0. The highest BCUT2D eigenvalue weighted by Gasteiger charge is 2.33. The molecule has 1 amide bonds. The molecular formula is C18H23F2NO3Si. The SMILES string of the molecule is CC(C)(C)[Si](C)(C)C#CC[C@H](NC(=O)c1ccc(F)cc1F)C(=O)O. The number of nitrogens with one attached hydrogen (secondary N) is 1. The molecule has 1 atom stereocenters. The number of hydrogen-bond acceptors (Lipinski definition) is 2. The van der Waals surface area contributed by atoms with Crippen molar-refractivity contribution in [2.45, 2.75) is 51.4 Å². The molecule has 1 aromatic carbocycles. The van der Waals surface area contributed by atoms with Crippen molar-refractivity contribution in [3.05, 3.63) is 35.4 Å². The molecule has 4 nitrogen and oxygen atoms in total. The summed E-state index contributed by atoms with van der Waals surface area (Å²) in [5, 5.41) is 11.5. The van der Waals surface area contributed by atoms with E-state index in [2.05, 4.69) is 50.6 Å². The predicted octanol–water partition coefficient (Wildman–Crippen LogP) is 3.59. The Morgan fingerprint density at radius 1 is 1.28 bits per heavy atom. The van der Waals surface area contributed by atoms with Gasteiger partial charge in [0.05, 0.1) is 5.56 Å². The largest absolute Gasteiger partial charge is 0.480 e. The summed E-state index contributed by atoms with van der Waals surface area (Å²) in [7, 11) is -1.89. The van der Waals surface area contributed by atoms with Crippen LogP contribution in [0.25, 0.3) is 0 Å². The van der Waals surface area contributed by atoms with Crippen LogP contribution in [0.15, 0.2) is 18.2 Å². The van der Waals surface area contributed by atoms with Gasteiger partial charge in [0.15, 0.2) is 0 Å². The van der Waals surface area contributed by atoms with Gasteiger partial charge in [0.2, 0.25) is 0 Å². The van der Waals surface area contributed by atoms with Crippen LogP contribution in [0.4, 0.5) is 8.78 Å². The molecule has 0 aliphatic rings. The first-order chi connectivity index (χ1) is 11.3. The highest BCUT2D eigenvalue weighted by Crippen LogP contribution is 2.35. The van der Waals surface area contributed by atoms with Crippen LogP contribution in [0.1, 0.15) is 37.6 Å². The monoisotopic (exact) mass is 367 g/mol. The second-order valence-electron chi connectivity index (χ2n) is 7.37. The summed E-state index contributed by atoms with van der Waals surface area (Å²) in [5.41, 5.74) is 2.75. The number of rotatable bonds is 4. The van der Waals surface area contributed by atoms with Gasteiger partial charge in [0.25, 0.3) is 5.91 Å². The summed E-state index contributed by atoms with van der Waals surface area (Å²) in [6.45, 7) is 10.4. The number of aliphatic carboxylic acids is 1. The Morgan fingerprint density at radius 3 is 2.36 bits per heavy atom. The molecule has 136 valence electrons. The second-order valence-corrected chi connectivity index (χ2v) is 12.4. The minimum absolute atomic E-state index is 0.0270. The van der Waals surface area contributed by atoms with Crippen molar-refractivity contribution in [3.63, 3.8) is 0 Å². The van der Waals surface area contributed by atoms with E-state index in [-0.39, 0.29) is 11.5 Å². The minimum Gasteiger partial charge on any atom is -0.480 e. The number of carboxylic acids is 1. The van der Waals surface area contributed by atoms with Crippen molar-refractivity contribution in [2.24, 2.45) is 0 Å². The van der Waals surface area contributed by atoms with Crippen LogP contribution in [-0.2, 0) is 4.79 Å². The summed E-state index contributed by atoms with van der Waals surface area (Å²) in [6, 6.07) is 1.21. The molecule has 0 aliphatic carbocycles. The average Bonchev–Trinajstić information content (AvgIpc) is 2.44. The Bertz CT molecular complexity index is 730. The smallest absolute Gasteiger partial charge is 0.327 e. The van der Waals surface area contributed by atoms with E-state index in [1.54, 1.807) is 0 Å². The first kappa shape index (κ1) is 20.8. The van der Waals surface area contributed by atoms with E-state index in [4.69, 9.17) is 0 Å². The lowest BCUT2D eigenvalue weighted by Crippen LogP contribution is -2.41. The maximum absolute atomic E-state index is 13.6. The van der Waals surface area contributed by atoms with E-state index in [0.717, 1.165) is 12.1 Å². The summed E-state index contributed by atoms with van der Waals surface area (Å²) in [6.07, 6.45) is -0.0869. The number of benzene rings is 1. The fraction of sp³-hybridized carbons (Fsp3) is 0.444. The quantitative estimate of drug-likeness (QED) is 0.631.